The van der Waals surface area contributed by atoms with Gasteiger partial charge in [0.25, 0.3) is 0 Å². The topological polar surface area (TPSA) is 175 Å². The van der Waals surface area contributed by atoms with Crippen molar-refractivity contribution in [3.63, 3.8) is 0 Å². The fourth-order valence-electron chi connectivity index (χ4n) is 9.86. The molecule has 1 aliphatic heterocycles. The number of carbonyl (C=O) groups excluding carboxylic acids is 2. The van der Waals surface area contributed by atoms with Crippen molar-refractivity contribution in [2.24, 2.45) is 0 Å². The molecular formula is C68H121NO10. The number of esters is 1. The molecule has 0 aromatic rings. The van der Waals surface area contributed by atoms with E-state index in [0.29, 0.717) is 12.8 Å². The van der Waals surface area contributed by atoms with Crippen molar-refractivity contribution >= 4 is 11.9 Å². The lowest BCUT2D eigenvalue weighted by Gasteiger charge is -2.41. The molecular weight excluding hydrogens is 991 g/mol. The van der Waals surface area contributed by atoms with E-state index in [2.05, 4.69) is 86.8 Å². The van der Waals surface area contributed by atoms with E-state index < -0.39 is 67.4 Å². The highest BCUT2D eigenvalue weighted by molar-refractivity contribution is 5.80. The Morgan fingerprint density at radius 1 is 0.494 bits per heavy atom. The Balaban J connectivity index is 2.61. The molecule has 0 aromatic heterocycles. The molecule has 6 N–H and O–H groups in total. The lowest BCUT2D eigenvalue weighted by Crippen LogP contribution is -2.61. The van der Waals surface area contributed by atoms with Crippen molar-refractivity contribution in [3.8, 4) is 0 Å². The zero-order chi connectivity index (χ0) is 57.5. The van der Waals surface area contributed by atoms with E-state index in [1.807, 2.05) is 6.08 Å². The highest BCUT2D eigenvalue weighted by atomic mass is 16.7. The summed E-state index contributed by atoms with van der Waals surface area (Å²) in [6.45, 7) is 5.75. The number of nitrogens with one attached hydrogen (secondary N) is 1. The van der Waals surface area contributed by atoms with Gasteiger partial charge in [-0.15, -0.1) is 0 Å². The number of ether oxygens (including phenoxy) is 3. The molecule has 79 heavy (non-hydrogen) atoms. The first-order valence-electron chi connectivity index (χ1n) is 32.7. The Hall–Kier alpha value is -2.90. The predicted octanol–water partition coefficient (Wildman–Crippen LogP) is 16.0. The molecule has 458 valence electrons. The van der Waals surface area contributed by atoms with Crippen LogP contribution in [0.15, 0.2) is 72.9 Å². The molecule has 1 saturated heterocycles. The minimum absolute atomic E-state index is 0.113. The standard InChI is InChI=1S/C68H121NO10/c1-4-7-10-13-16-19-22-25-26-27-28-29-30-31-32-33-34-35-36-38-41-44-47-50-53-56-63(73)79-66-65(75)64(74)62(57-70)78-68(66)77-58-59(60(71)54-51-48-45-42-39-24-21-18-15-12-9-6-3)69-67(76)61(72)55-52-49-46-43-40-37-23-20-17-14-11-8-5-2/h16,19,25-26,28-29,31-32,40,43,51,54,59-62,64-66,68,70-72,74-75H,4-15,17-18,20-24,27,30,33-39,41-42,44-50,52-53,55-58H2,1-3H3,(H,69,76)/b19-16-,26-25-,29-28-,32-31-,43-40-,54-51+. The predicted molar refractivity (Wildman–Crippen MR) is 329 cm³/mol. The van der Waals surface area contributed by atoms with Crippen LogP contribution in [0, 0.1) is 0 Å². The number of aliphatic hydroxyl groups is 5. The van der Waals surface area contributed by atoms with Gasteiger partial charge in [-0.2, -0.15) is 0 Å². The molecule has 0 bridgehead atoms. The van der Waals surface area contributed by atoms with Crippen LogP contribution >= 0.6 is 0 Å². The second-order valence-corrected chi connectivity index (χ2v) is 22.5. The summed E-state index contributed by atoms with van der Waals surface area (Å²) >= 11 is 0. The average Bonchev–Trinajstić information content (AvgIpc) is 3.49. The Morgan fingerprint density at radius 3 is 1.34 bits per heavy atom. The molecule has 11 nitrogen and oxygen atoms in total. The molecule has 1 fully saturated rings. The zero-order valence-electron chi connectivity index (χ0n) is 50.7. The van der Waals surface area contributed by atoms with Crippen LogP contribution in [0.5, 0.6) is 0 Å². The van der Waals surface area contributed by atoms with Crippen LogP contribution in [0.25, 0.3) is 0 Å². The molecule has 0 aromatic carbocycles. The van der Waals surface area contributed by atoms with Gasteiger partial charge in [0.15, 0.2) is 12.4 Å². The van der Waals surface area contributed by atoms with Gasteiger partial charge in [0, 0.05) is 6.42 Å². The minimum Gasteiger partial charge on any atom is -0.454 e. The van der Waals surface area contributed by atoms with E-state index >= 15 is 0 Å². The average molecular weight is 1110 g/mol. The SMILES string of the molecule is CCCCC/C=C\C/C=C\C/C=C\C/C=C\CCCCCCCCCCCC(=O)OC1C(OCC(NC(=O)C(O)CCCC/C=C\CCCCCCCCC)C(O)/C=C/CCCCCCCCCCCC)OC(CO)C(O)C1O. The number of rotatable bonds is 55. The smallest absolute Gasteiger partial charge is 0.306 e. The van der Waals surface area contributed by atoms with Gasteiger partial charge in [-0.1, -0.05) is 254 Å². The first kappa shape index (κ1) is 74.1. The molecule has 8 atom stereocenters. The Bertz CT molecular complexity index is 1560. The van der Waals surface area contributed by atoms with Gasteiger partial charge < -0.3 is 45.1 Å². The molecule has 11 heteroatoms. The quantitative estimate of drug-likeness (QED) is 0.0195. The first-order chi connectivity index (χ1) is 38.7. The van der Waals surface area contributed by atoms with Gasteiger partial charge in [0.05, 0.1) is 25.4 Å². The number of carbonyl (C=O) groups is 2. The van der Waals surface area contributed by atoms with Crippen LogP contribution in [-0.2, 0) is 23.8 Å². The summed E-state index contributed by atoms with van der Waals surface area (Å²) in [5.74, 6) is -1.22. The van der Waals surface area contributed by atoms with E-state index in [4.69, 9.17) is 14.2 Å². The summed E-state index contributed by atoms with van der Waals surface area (Å²) in [6, 6.07) is -1.03. The third-order valence-electron chi connectivity index (χ3n) is 15.1. The Kier molecular flexibility index (Phi) is 52.2. The minimum atomic E-state index is -1.62. The highest BCUT2D eigenvalue weighted by Gasteiger charge is 2.47. The Labute approximate surface area is 483 Å². The molecule has 1 amide bonds. The second kappa shape index (κ2) is 55.6. The number of hydrogen-bond acceptors (Lipinski definition) is 10. The highest BCUT2D eigenvalue weighted by Crippen LogP contribution is 2.26. The van der Waals surface area contributed by atoms with Crippen molar-refractivity contribution in [3.05, 3.63) is 72.9 Å². The van der Waals surface area contributed by atoms with Gasteiger partial charge in [0.1, 0.15) is 24.4 Å². The number of hydrogen-bond donors (Lipinski definition) is 6. The molecule has 0 aliphatic carbocycles. The third kappa shape index (κ3) is 43.5. The number of unbranched alkanes of at least 4 members (excludes halogenated alkanes) is 31. The summed E-state index contributed by atoms with van der Waals surface area (Å²) in [5.41, 5.74) is 0. The Morgan fingerprint density at radius 2 is 0.873 bits per heavy atom. The van der Waals surface area contributed by atoms with Crippen LogP contribution in [0.1, 0.15) is 284 Å². The zero-order valence-corrected chi connectivity index (χ0v) is 50.7. The van der Waals surface area contributed by atoms with Gasteiger partial charge >= 0.3 is 5.97 Å². The maximum absolute atomic E-state index is 13.4. The summed E-state index contributed by atoms with van der Waals surface area (Å²) < 4.78 is 17.6. The van der Waals surface area contributed by atoms with Crippen molar-refractivity contribution in [2.45, 2.75) is 333 Å². The van der Waals surface area contributed by atoms with Gasteiger partial charge in [-0.3, -0.25) is 9.59 Å². The number of amides is 1. The molecule has 0 saturated carbocycles. The fourth-order valence-corrected chi connectivity index (χ4v) is 9.86. The largest absolute Gasteiger partial charge is 0.454 e. The van der Waals surface area contributed by atoms with Crippen molar-refractivity contribution in [1.29, 1.82) is 0 Å². The van der Waals surface area contributed by atoms with E-state index in [-0.39, 0.29) is 19.4 Å². The maximum Gasteiger partial charge on any atom is 0.306 e. The van der Waals surface area contributed by atoms with Crippen LogP contribution in [0.4, 0.5) is 0 Å². The fraction of sp³-hybridized carbons (Fsp3) is 0.794. The normalized spacial score (nSPS) is 19.3. The maximum atomic E-state index is 13.4. The van der Waals surface area contributed by atoms with Gasteiger partial charge in [-0.25, -0.2) is 0 Å². The summed E-state index contributed by atoms with van der Waals surface area (Å²) in [6.07, 6.45) is 60.8. The van der Waals surface area contributed by atoms with Crippen molar-refractivity contribution in [1.82, 2.24) is 5.32 Å². The lowest BCUT2D eigenvalue weighted by molar-refractivity contribution is -0.305. The lowest BCUT2D eigenvalue weighted by atomic mass is 9.99. The molecule has 1 aliphatic rings. The summed E-state index contributed by atoms with van der Waals surface area (Å²) in [7, 11) is 0. The molecule has 1 rings (SSSR count). The van der Waals surface area contributed by atoms with Crippen LogP contribution in [-0.4, -0.2) is 99.6 Å². The summed E-state index contributed by atoms with van der Waals surface area (Å²) in [5, 5.41) is 57.0. The summed E-state index contributed by atoms with van der Waals surface area (Å²) in [4.78, 5) is 26.6. The second-order valence-electron chi connectivity index (χ2n) is 22.5. The molecule has 1 heterocycles. The van der Waals surface area contributed by atoms with Gasteiger partial charge in [-0.05, 0) is 96.3 Å². The van der Waals surface area contributed by atoms with E-state index in [1.165, 1.54) is 148 Å². The monoisotopic (exact) mass is 1110 g/mol. The first-order valence-corrected chi connectivity index (χ1v) is 32.7. The van der Waals surface area contributed by atoms with Crippen LogP contribution in [0.3, 0.4) is 0 Å². The molecule has 0 spiro atoms. The molecule has 0 radical (unpaired) electrons. The van der Waals surface area contributed by atoms with Crippen molar-refractivity contribution < 1.29 is 49.3 Å². The molecule has 8 unspecified atom stereocenters. The third-order valence-corrected chi connectivity index (χ3v) is 15.1. The number of allylic oxidation sites excluding steroid dienone is 11. The van der Waals surface area contributed by atoms with E-state index in [0.717, 1.165) is 89.9 Å². The van der Waals surface area contributed by atoms with E-state index in [1.54, 1.807) is 6.08 Å². The van der Waals surface area contributed by atoms with E-state index in [9.17, 15) is 35.1 Å². The van der Waals surface area contributed by atoms with Gasteiger partial charge in [0.2, 0.25) is 5.91 Å². The number of aliphatic hydroxyl groups excluding tert-OH is 5. The van der Waals surface area contributed by atoms with Crippen LogP contribution < -0.4 is 5.32 Å². The van der Waals surface area contributed by atoms with Crippen LogP contribution in [0.2, 0.25) is 0 Å². The van der Waals surface area contributed by atoms with Crippen molar-refractivity contribution in [2.75, 3.05) is 13.2 Å².